The van der Waals surface area contributed by atoms with E-state index < -0.39 is 11.9 Å². The van der Waals surface area contributed by atoms with Gasteiger partial charge in [0.15, 0.2) is 0 Å². The lowest BCUT2D eigenvalue weighted by atomic mass is 10.0. The molecule has 0 bridgehead atoms. The van der Waals surface area contributed by atoms with E-state index in [1.807, 2.05) is 19.1 Å². The minimum atomic E-state index is -1.02. The van der Waals surface area contributed by atoms with Crippen molar-refractivity contribution in [1.82, 2.24) is 0 Å². The lowest BCUT2D eigenvalue weighted by Crippen LogP contribution is -2.06. The molecule has 0 spiro atoms. The summed E-state index contributed by atoms with van der Waals surface area (Å²) in [7, 11) is 0. The number of benzene rings is 2. The Balaban J connectivity index is 2.00. The summed E-state index contributed by atoms with van der Waals surface area (Å²) in [4.78, 5) is 22.6. The van der Waals surface area contributed by atoms with Gasteiger partial charge in [-0.15, -0.1) is 0 Å². The van der Waals surface area contributed by atoms with Crippen LogP contribution in [-0.2, 0) is 14.3 Å². The molecule has 0 aliphatic rings. The molecule has 0 amide bonds. The molecule has 1 N–H and O–H groups in total. The number of carbonyl (C=O) groups is 2. The molecule has 0 atom stereocenters. The Hall–Kier alpha value is -3.54. The van der Waals surface area contributed by atoms with Crippen LogP contribution in [0.5, 0.6) is 11.5 Å². The van der Waals surface area contributed by atoms with Gasteiger partial charge in [-0.3, -0.25) is 0 Å². The molecule has 0 aliphatic carbocycles. The van der Waals surface area contributed by atoms with E-state index in [0.717, 1.165) is 17.4 Å². The molecule has 0 heterocycles. The predicted octanol–water partition coefficient (Wildman–Crippen LogP) is 4.21. The van der Waals surface area contributed by atoms with E-state index >= 15 is 0 Å². The molecule has 0 unspecified atom stereocenters. The van der Waals surface area contributed by atoms with Gasteiger partial charge in [-0.05, 0) is 48.4 Å². The zero-order valence-electron chi connectivity index (χ0n) is 16.3. The fourth-order valence-corrected chi connectivity index (χ4v) is 2.47. The summed E-state index contributed by atoms with van der Waals surface area (Å²) in [5.41, 5.74) is 1.51. The molecule has 0 radical (unpaired) electrons. The van der Waals surface area contributed by atoms with Crippen molar-refractivity contribution in [1.29, 1.82) is 0 Å². The van der Waals surface area contributed by atoms with Gasteiger partial charge in [-0.25, -0.2) is 9.59 Å². The molecule has 2 aromatic rings. The van der Waals surface area contributed by atoms with Crippen LogP contribution in [0.3, 0.4) is 0 Å². The van der Waals surface area contributed by atoms with Crippen LogP contribution in [0.1, 0.15) is 24.5 Å². The largest absolute Gasteiger partial charge is 0.494 e. The smallest absolute Gasteiger partial charge is 0.336 e. The molecule has 29 heavy (non-hydrogen) atoms. The molecule has 152 valence electrons. The van der Waals surface area contributed by atoms with Gasteiger partial charge < -0.3 is 19.3 Å². The zero-order chi connectivity index (χ0) is 21.1. The maximum absolute atomic E-state index is 11.7. The Morgan fingerprint density at radius 1 is 0.966 bits per heavy atom. The van der Waals surface area contributed by atoms with Gasteiger partial charge in [-0.1, -0.05) is 30.8 Å². The second-order valence-electron chi connectivity index (χ2n) is 5.96. The number of esters is 1. The van der Waals surface area contributed by atoms with Crippen LogP contribution in [-0.4, -0.2) is 36.9 Å². The number of carboxylic acid groups (broad SMARTS) is 1. The van der Waals surface area contributed by atoms with Gasteiger partial charge >= 0.3 is 11.9 Å². The van der Waals surface area contributed by atoms with E-state index in [4.69, 9.17) is 14.2 Å². The topological polar surface area (TPSA) is 82.1 Å². The highest BCUT2D eigenvalue weighted by Crippen LogP contribution is 2.23. The number of ether oxygens (including phenoxy) is 3. The van der Waals surface area contributed by atoms with Gasteiger partial charge in [0.25, 0.3) is 0 Å². The summed E-state index contributed by atoms with van der Waals surface area (Å²) in [6.45, 7) is 6.42. The first-order chi connectivity index (χ1) is 14.0. The van der Waals surface area contributed by atoms with Crippen molar-refractivity contribution in [3.63, 3.8) is 0 Å². The predicted molar refractivity (Wildman–Crippen MR) is 111 cm³/mol. The van der Waals surface area contributed by atoms with E-state index in [1.165, 1.54) is 0 Å². The Bertz CT molecular complexity index is 850. The van der Waals surface area contributed by atoms with Gasteiger partial charge in [0.2, 0.25) is 0 Å². The van der Waals surface area contributed by atoms with Crippen molar-refractivity contribution < 1.29 is 28.9 Å². The molecule has 6 nitrogen and oxygen atoms in total. The van der Waals surface area contributed by atoms with Crippen molar-refractivity contribution in [2.75, 3.05) is 19.8 Å². The van der Waals surface area contributed by atoms with E-state index in [9.17, 15) is 14.7 Å². The minimum absolute atomic E-state index is 0.178. The lowest BCUT2D eigenvalue weighted by Gasteiger charge is -2.08. The van der Waals surface area contributed by atoms with E-state index in [1.54, 1.807) is 42.5 Å². The normalized spacial score (nSPS) is 10.9. The minimum Gasteiger partial charge on any atom is -0.494 e. The molecule has 0 aromatic heterocycles. The van der Waals surface area contributed by atoms with E-state index in [0.29, 0.717) is 30.9 Å². The van der Waals surface area contributed by atoms with Crippen LogP contribution >= 0.6 is 0 Å². The Morgan fingerprint density at radius 3 is 2.17 bits per heavy atom. The van der Waals surface area contributed by atoms with E-state index in [2.05, 4.69) is 6.58 Å². The number of carbonyl (C=O) groups excluding carboxylic acids is 1. The van der Waals surface area contributed by atoms with Gasteiger partial charge in [-0.2, -0.15) is 0 Å². The molecule has 0 saturated heterocycles. The van der Waals surface area contributed by atoms with Crippen LogP contribution < -0.4 is 9.47 Å². The molecule has 6 heteroatoms. The van der Waals surface area contributed by atoms with Crippen molar-refractivity contribution >= 4 is 23.6 Å². The van der Waals surface area contributed by atoms with Crippen molar-refractivity contribution in [3.8, 4) is 11.5 Å². The highest BCUT2D eigenvalue weighted by Gasteiger charge is 2.11. The van der Waals surface area contributed by atoms with Gasteiger partial charge in [0.1, 0.15) is 11.5 Å². The maximum Gasteiger partial charge on any atom is 0.336 e. The second-order valence-corrected chi connectivity index (χ2v) is 5.96. The first-order valence-electron chi connectivity index (χ1n) is 9.23. The number of aliphatic carboxylic acids is 1. The summed E-state index contributed by atoms with van der Waals surface area (Å²) in [5.74, 6) is -0.136. The van der Waals surface area contributed by atoms with E-state index in [-0.39, 0.29) is 12.2 Å². The highest BCUT2D eigenvalue weighted by atomic mass is 16.5. The highest BCUT2D eigenvalue weighted by molar-refractivity contribution is 6.20. The summed E-state index contributed by atoms with van der Waals surface area (Å²) < 4.78 is 15.8. The van der Waals surface area contributed by atoms with Gasteiger partial charge in [0.05, 0.1) is 25.4 Å². The molecule has 2 aromatic carbocycles. The van der Waals surface area contributed by atoms with Crippen molar-refractivity contribution in [3.05, 3.63) is 72.3 Å². The van der Waals surface area contributed by atoms with Crippen LogP contribution in [0, 0.1) is 0 Å². The molecular weight excluding hydrogens is 372 g/mol. The molecular formula is C23H24O6. The maximum atomic E-state index is 11.7. The summed E-state index contributed by atoms with van der Waals surface area (Å²) in [6, 6.07) is 14.0. The Labute approximate surface area is 170 Å². The van der Waals surface area contributed by atoms with Crippen LogP contribution in [0.2, 0.25) is 0 Å². The SMILES string of the molecule is C=CC(=O)OCCCOc1ccc(C(=Cc2ccc(OCC)cc2)C(=O)O)cc1. The fourth-order valence-electron chi connectivity index (χ4n) is 2.47. The van der Waals surface area contributed by atoms with Crippen LogP contribution in [0.4, 0.5) is 0 Å². The molecule has 0 saturated carbocycles. The molecule has 2 rings (SSSR count). The summed E-state index contributed by atoms with van der Waals surface area (Å²) >= 11 is 0. The third-order valence-corrected chi connectivity index (χ3v) is 3.87. The monoisotopic (exact) mass is 396 g/mol. The first kappa shape index (κ1) is 21.8. The fraction of sp³-hybridized carbons (Fsp3) is 0.217. The van der Waals surface area contributed by atoms with Crippen molar-refractivity contribution in [2.45, 2.75) is 13.3 Å². The number of carboxylic acids is 1. The average Bonchev–Trinajstić information content (AvgIpc) is 2.73. The summed E-state index contributed by atoms with van der Waals surface area (Å²) in [6.07, 6.45) is 3.27. The number of hydrogen-bond donors (Lipinski definition) is 1. The summed E-state index contributed by atoms with van der Waals surface area (Å²) in [5, 5.41) is 9.59. The average molecular weight is 396 g/mol. The first-order valence-corrected chi connectivity index (χ1v) is 9.23. The Kier molecular flexibility index (Phi) is 8.51. The number of rotatable bonds is 11. The number of hydrogen-bond acceptors (Lipinski definition) is 5. The third kappa shape index (κ3) is 7.18. The molecule has 0 aliphatic heterocycles. The van der Waals surface area contributed by atoms with Gasteiger partial charge in [0, 0.05) is 12.5 Å². The molecule has 0 fully saturated rings. The Morgan fingerprint density at radius 2 is 1.59 bits per heavy atom. The zero-order valence-corrected chi connectivity index (χ0v) is 16.3. The van der Waals surface area contributed by atoms with Crippen molar-refractivity contribution in [2.24, 2.45) is 0 Å². The second kappa shape index (κ2) is 11.3. The standard InChI is InChI=1S/C23H24O6/c1-3-22(24)29-15-5-14-28-20-12-8-18(9-13-20)21(23(25)26)16-17-6-10-19(11-7-17)27-4-2/h3,6-13,16H,1,4-5,14-15H2,2H3,(H,25,26). The quantitative estimate of drug-likeness (QED) is 0.265. The third-order valence-electron chi connectivity index (χ3n) is 3.87. The lowest BCUT2D eigenvalue weighted by molar-refractivity contribution is -0.138. The van der Waals surface area contributed by atoms with Crippen LogP contribution in [0.25, 0.3) is 11.6 Å². The van der Waals surface area contributed by atoms with Crippen LogP contribution in [0.15, 0.2) is 61.2 Å².